The fraction of sp³-hybridized carbons (Fsp3) is 0.273. The SMILES string of the molecule is C=C(C)C(=O)OCCCCOc1ccc(C(=O)Oc2ccc(OC)cc2)cc1. The molecule has 2 aromatic rings. The zero-order valence-corrected chi connectivity index (χ0v) is 16.1. The molecule has 0 fully saturated rings. The van der Waals surface area contributed by atoms with Crippen molar-refractivity contribution >= 4 is 11.9 Å². The van der Waals surface area contributed by atoms with E-state index < -0.39 is 5.97 Å². The number of carbonyl (C=O) groups excluding carboxylic acids is 2. The molecule has 0 saturated heterocycles. The monoisotopic (exact) mass is 384 g/mol. The van der Waals surface area contributed by atoms with Gasteiger partial charge in [0.2, 0.25) is 0 Å². The first-order valence-corrected chi connectivity index (χ1v) is 8.91. The Morgan fingerprint density at radius 1 is 0.857 bits per heavy atom. The van der Waals surface area contributed by atoms with E-state index in [1.807, 2.05) is 0 Å². The molecule has 0 heterocycles. The summed E-state index contributed by atoms with van der Waals surface area (Å²) >= 11 is 0. The minimum absolute atomic E-state index is 0.338. The van der Waals surface area contributed by atoms with Crippen molar-refractivity contribution in [3.63, 3.8) is 0 Å². The number of rotatable bonds is 10. The summed E-state index contributed by atoms with van der Waals surface area (Å²) in [5.74, 6) is 0.961. The van der Waals surface area contributed by atoms with Crippen molar-refractivity contribution in [2.45, 2.75) is 19.8 Å². The lowest BCUT2D eigenvalue weighted by Crippen LogP contribution is -2.09. The summed E-state index contributed by atoms with van der Waals surface area (Å²) < 4.78 is 21.0. The maximum absolute atomic E-state index is 12.2. The second kappa shape index (κ2) is 10.8. The van der Waals surface area contributed by atoms with Gasteiger partial charge in [0, 0.05) is 5.57 Å². The van der Waals surface area contributed by atoms with E-state index in [1.165, 1.54) is 0 Å². The number of esters is 2. The van der Waals surface area contributed by atoms with Crippen LogP contribution in [0, 0.1) is 0 Å². The van der Waals surface area contributed by atoms with Crippen LogP contribution in [0.25, 0.3) is 0 Å². The van der Waals surface area contributed by atoms with Crippen LogP contribution in [0.4, 0.5) is 0 Å². The lowest BCUT2D eigenvalue weighted by Gasteiger charge is -2.08. The van der Waals surface area contributed by atoms with Crippen LogP contribution in [0.2, 0.25) is 0 Å². The van der Waals surface area contributed by atoms with Crippen LogP contribution < -0.4 is 14.2 Å². The van der Waals surface area contributed by atoms with Gasteiger partial charge in [0.15, 0.2) is 0 Å². The second-order valence-electron chi connectivity index (χ2n) is 6.06. The van der Waals surface area contributed by atoms with Crippen LogP contribution >= 0.6 is 0 Å². The maximum Gasteiger partial charge on any atom is 0.343 e. The predicted molar refractivity (Wildman–Crippen MR) is 105 cm³/mol. The van der Waals surface area contributed by atoms with E-state index in [2.05, 4.69) is 6.58 Å². The van der Waals surface area contributed by atoms with Crippen molar-refractivity contribution in [1.82, 2.24) is 0 Å². The predicted octanol–water partition coefficient (Wildman–Crippen LogP) is 4.19. The molecule has 6 heteroatoms. The van der Waals surface area contributed by atoms with Crippen molar-refractivity contribution in [3.8, 4) is 17.2 Å². The summed E-state index contributed by atoms with van der Waals surface area (Å²) in [6.07, 6.45) is 1.44. The Balaban J connectivity index is 1.72. The van der Waals surface area contributed by atoms with Crippen molar-refractivity contribution in [1.29, 1.82) is 0 Å². The van der Waals surface area contributed by atoms with E-state index in [9.17, 15) is 9.59 Å². The zero-order chi connectivity index (χ0) is 20.4. The highest BCUT2D eigenvalue weighted by Gasteiger charge is 2.09. The number of methoxy groups -OCH3 is 1. The third-order valence-electron chi connectivity index (χ3n) is 3.75. The summed E-state index contributed by atoms with van der Waals surface area (Å²) in [6.45, 7) is 5.96. The quantitative estimate of drug-likeness (QED) is 0.265. The fourth-order valence-corrected chi connectivity index (χ4v) is 2.18. The highest BCUT2D eigenvalue weighted by molar-refractivity contribution is 5.91. The number of ether oxygens (including phenoxy) is 4. The molecular weight excluding hydrogens is 360 g/mol. The summed E-state index contributed by atoms with van der Waals surface area (Å²) in [6, 6.07) is 13.5. The summed E-state index contributed by atoms with van der Waals surface area (Å²) in [5.41, 5.74) is 0.816. The fourth-order valence-electron chi connectivity index (χ4n) is 2.18. The van der Waals surface area contributed by atoms with E-state index in [4.69, 9.17) is 18.9 Å². The van der Waals surface area contributed by atoms with Crippen molar-refractivity contribution in [2.75, 3.05) is 20.3 Å². The first-order valence-electron chi connectivity index (χ1n) is 8.91. The smallest absolute Gasteiger partial charge is 0.343 e. The van der Waals surface area contributed by atoms with Gasteiger partial charge in [-0.1, -0.05) is 6.58 Å². The van der Waals surface area contributed by atoms with Crippen LogP contribution in [0.5, 0.6) is 17.2 Å². The summed E-state index contributed by atoms with van der Waals surface area (Å²) in [7, 11) is 1.57. The largest absolute Gasteiger partial charge is 0.497 e. The third kappa shape index (κ3) is 6.79. The van der Waals surface area contributed by atoms with Gasteiger partial charge in [-0.25, -0.2) is 9.59 Å². The number of unbranched alkanes of at least 4 members (excludes halogenated alkanes) is 1. The van der Waals surface area contributed by atoms with Crippen LogP contribution in [-0.2, 0) is 9.53 Å². The molecule has 6 nitrogen and oxygen atoms in total. The molecule has 28 heavy (non-hydrogen) atoms. The zero-order valence-electron chi connectivity index (χ0n) is 16.1. The van der Waals surface area contributed by atoms with E-state index in [-0.39, 0.29) is 5.97 Å². The molecule has 0 aromatic heterocycles. The number of benzene rings is 2. The Morgan fingerprint density at radius 2 is 1.43 bits per heavy atom. The van der Waals surface area contributed by atoms with Gasteiger partial charge in [-0.3, -0.25) is 0 Å². The molecule has 0 atom stereocenters. The van der Waals surface area contributed by atoms with Crippen LogP contribution in [-0.4, -0.2) is 32.3 Å². The summed E-state index contributed by atoms with van der Waals surface area (Å²) in [4.78, 5) is 23.4. The normalized spacial score (nSPS) is 10.1. The standard InChI is InChI=1S/C22H24O6/c1-16(2)21(23)27-15-5-4-14-26-19-8-6-17(7-9-19)22(24)28-20-12-10-18(25-3)11-13-20/h6-13H,1,4-5,14-15H2,2-3H3. The van der Waals surface area contributed by atoms with E-state index in [1.54, 1.807) is 62.6 Å². The van der Waals surface area contributed by atoms with Gasteiger partial charge in [0.25, 0.3) is 0 Å². The molecule has 0 saturated carbocycles. The molecule has 0 radical (unpaired) electrons. The molecule has 0 spiro atoms. The molecule has 0 N–H and O–H groups in total. The first kappa shape index (κ1) is 21.0. The highest BCUT2D eigenvalue weighted by Crippen LogP contribution is 2.19. The Hall–Kier alpha value is -3.28. The molecule has 2 rings (SSSR count). The van der Waals surface area contributed by atoms with Crippen molar-refractivity contribution < 1.29 is 28.5 Å². The van der Waals surface area contributed by atoms with E-state index in [0.29, 0.717) is 48.0 Å². The Kier molecular flexibility index (Phi) is 8.09. The van der Waals surface area contributed by atoms with E-state index >= 15 is 0 Å². The third-order valence-corrected chi connectivity index (χ3v) is 3.75. The van der Waals surface area contributed by atoms with Crippen LogP contribution in [0.3, 0.4) is 0 Å². The first-order chi connectivity index (χ1) is 13.5. The van der Waals surface area contributed by atoms with Crippen molar-refractivity contribution in [3.05, 3.63) is 66.2 Å². The lowest BCUT2D eigenvalue weighted by molar-refractivity contribution is -0.139. The molecule has 0 unspecified atom stereocenters. The molecule has 0 bridgehead atoms. The number of hydrogen-bond donors (Lipinski definition) is 0. The van der Waals surface area contributed by atoms with Gasteiger partial charge >= 0.3 is 11.9 Å². The molecular formula is C22H24O6. The second-order valence-corrected chi connectivity index (χ2v) is 6.06. The average molecular weight is 384 g/mol. The molecule has 0 aliphatic carbocycles. The number of hydrogen-bond acceptors (Lipinski definition) is 6. The minimum atomic E-state index is -0.448. The van der Waals surface area contributed by atoms with Gasteiger partial charge in [-0.05, 0) is 68.3 Å². The topological polar surface area (TPSA) is 71.1 Å². The van der Waals surface area contributed by atoms with Gasteiger partial charge in [0.05, 0.1) is 25.9 Å². The Labute approximate surface area is 164 Å². The molecule has 0 aliphatic rings. The molecule has 0 amide bonds. The molecule has 148 valence electrons. The lowest BCUT2D eigenvalue weighted by atomic mass is 10.2. The number of carbonyl (C=O) groups is 2. The minimum Gasteiger partial charge on any atom is -0.497 e. The Morgan fingerprint density at radius 3 is 2.04 bits per heavy atom. The van der Waals surface area contributed by atoms with Crippen LogP contribution in [0.15, 0.2) is 60.7 Å². The maximum atomic E-state index is 12.2. The van der Waals surface area contributed by atoms with Gasteiger partial charge < -0.3 is 18.9 Å². The van der Waals surface area contributed by atoms with Gasteiger partial charge in [-0.15, -0.1) is 0 Å². The van der Waals surface area contributed by atoms with E-state index in [0.717, 1.165) is 6.42 Å². The van der Waals surface area contributed by atoms with Gasteiger partial charge in [-0.2, -0.15) is 0 Å². The summed E-state index contributed by atoms with van der Waals surface area (Å²) in [5, 5.41) is 0. The average Bonchev–Trinajstić information content (AvgIpc) is 2.71. The molecule has 0 aliphatic heterocycles. The molecule has 2 aromatic carbocycles. The van der Waals surface area contributed by atoms with Crippen molar-refractivity contribution in [2.24, 2.45) is 0 Å². The van der Waals surface area contributed by atoms with Crippen LogP contribution in [0.1, 0.15) is 30.1 Å². The highest BCUT2D eigenvalue weighted by atomic mass is 16.5. The van der Waals surface area contributed by atoms with Gasteiger partial charge in [0.1, 0.15) is 17.2 Å². The Bertz CT molecular complexity index is 793.